The van der Waals surface area contributed by atoms with E-state index in [9.17, 15) is 0 Å². The minimum atomic E-state index is 0.511. The van der Waals surface area contributed by atoms with Crippen molar-refractivity contribution in [3.8, 4) is 0 Å². The van der Waals surface area contributed by atoms with Gasteiger partial charge in [-0.15, -0.1) is 0 Å². The molecule has 2 atom stereocenters. The lowest BCUT2D eigenvalue weighted by molar-refractivity contribution is 0.472. The molecule has 0 fully saturated rings. The van der Waals surface area contributed by atoms with Crippen LogP contribution >= 0.6 is 0 Å². The summed E-state index contributed by atoms with van der Waals surface area (Å²) in [6, 6.07) is 12.4. The van der Waals surface area contributed by atoms with Gasteiger partial charge in [0.05, 0.1) is 0 Å². The van der Waals surface area contributed by atoms with Crippen molar-refractivity contribution in [1.29, 1.82) is 0 Å². The number of rotatable bonds is 1. The molecule has 0 spiro atoms. The molecule has 1 heterocycles. The summed E-state index contributed by atoms with van der Waals surface area (Å²) in [7, 11) is 0. The van der Waals surface area contributed by atoms with Crippen LogP contribution in [-0.2, 0) is 0 Å². The molecule has 0 aliphatic heterocycles. The van der Waals surface area contributed by atoms with Gasteiger partial charge in [-0.2, -0.15) is 0 Å². The quantitative estimate of drug-likeness (QED) is 0.699. The van der Waals surface area contributed by atoms with Crippen molar-refractivity contribution >= 4 is 10.9 Å². The summed E-state index contributed by atoms with van der Waals surface area (Å²) in [5.74, 6) is 0.527. The number of hydrogen-bond donors (Lipinski definition) is 0. The first-order chi connectivity index (χ1) is 8.93. The van der Waals surface area contributed by atoms with Crippen LogP contribution in [0.25, 0.3) is 10.9 Å². The van der Waals surface area contributed by atoms with Crippen molar-refractivity contribution in [2.75, 3.05) is 0 Å². The molecule has 2 aliphatic rings. The highest BCUT2D eigenvalue weighted by Gasteiger charge is 2.29. The summed E-state index contributed by atoms with van der Waals surface area (Å²) in [6.45, 7) is 0. The van der Waals surface area contributed by atoms with Crippen molar-refractivity contribution in [2.45, 2.75) is 12.5 Å². The smallest absolute Gasteiger partial charge is 0.0489 e. The molecule has 1 aromatic carbocycles. The number of para-hydroxylation sites is 1. The fourth-order valence-electron chi connectivity index (χ4n) is 3.12. The minimum absolute atomic E-state index is 0.511. The molecule has 87 valence electrons. The van der Waals surface area contributed by atoms with E-state index in [-0.39, 0.29) is 0 Å². The van der Waals surface area contributed by atoms with Gasteiger partial charge in [-0.25, -0.2) is 0 Å². The van der Waals surface area contributed by atoms with Gasteiger partial charge in [0.25, 0.3) is 0 Å². The van der Waals surface area contributed by atoms with Crippen LogP contribution in [0, 0.1) is 12.0 Å². The van der Waals surface area contributed by atoms with Crippen LogP contribution in [0.3, 0.4) is 0 Å². The Balaban J connectivity index is 1.81. The molecule has 0 saturated carbocycles. The maximum Gasteiger partial charge on any atom is 0.0489 e. The van der Waals surface area contributed by atoms with E-state index in [0.717, 1.165) is 6.42 Å². The number of aromatic nitrogens is 1. The Morgan fingerprint density at radius 2 is 2.11 bits per heavy atom. The third kappa shape index (κ3) is 1.34. The van der Waals surface area contributed by atoms with E-state index in [1.165, 1.54) is 16.5 Å². The lowest BCUT2D eigenvalue weighted by atomic mass is 9.93. The van der Waals surface area contributed by atoms with Crippen LogP contribution in [0.2, 0.25) is 0 Å². The van der Waals surface area contributed by atoms with Crippen LogP contribution in [0.1, 0.15) is 12.5 Å². The van der Waals surface area contributed by atoms with Crippen LogP contribution in [0.4, 0.5) is 0 Å². The molecule has 0 saturated heterocycles. The van der Waals surface area contributed by atoms with Crippen LogP contribution < -0.4 is 0 Å². The highest BCUT2D eigenvalue weighted by Crippen LogP contribution is 2.40. The molecule has 1 heteroatoms. The highest BCUT2D eigenvalue weighted by atomic mass is 15.0. The normalized spacial score (nSPS) is 25.4. The van der Waals surface area contributed by atoms with Gasteiger partial charge in [-0.05, 0) is 18.1 Å². The Morgan fingerprint density at radius 1 is 1.17 bits per heavy atom. The van der Waals surface area contributed by atoms with Crippen molar-refractivity contribution in [1.82, 2.24) is 4.57 Å². The molecule has 18 heavy (non-hydrogen) atoms. The van der Waals surface area contributed by atoms with Gasteiger partial charge >= 0.3 is 0 Å². The number of nitrogens with zero attached hydrogens (tertiary/aromatic N) is 1. The maximum atomic E-state index is 3.36. The van der Waals surface area contributed by atoms with Crippen LogP contribution in [0.5, 0.6) is 0 Å². The van der Waals surface area contributed by atoms with E-state index in [0.29, 0.717) is 12.0 Å². The van der Waals surface area contributed by atoms with E-state index in [1.54, 1.807) is 0 Å². The zero-order valence-electron chi connectivity index (χ0n) is 10.1. The summed E-state index contributed by atoms with van der Waals surface area (Å²) in [5, 5.41) is 1.21. The zero-order chi connectivity index (χ0) is 11.9. The molecule has 1 radical (unpaired) electrons. The first-order valence-electron chi connectivity index (χ1n) is 6.46. The van der Waals surface area contributed by atoms with E-state index >= 15 is 0 Å². The summed E-state index contributed by atoms with van der Waals surface area (Å²) < 4.78 is 2.38. The van der Waals surface area contributed by atoms with E-state index in [4.69, 9.17) is 0 Å². The Hall–Kier alpha value is -2.02. The average Bonchev–Trinajstić information content (AvgIpc) is 3.01. The highest BCUT2D eigenvalue weighted by molar-refractivity contribution is 5.79. The molecule has 1 nitrogen and oxygen atoms in total. The van der Waals surface area contributed by atoms with Gasteiger partial charge in [-0.3, -0.25) is 0 Å². The molecule has 1 aromatic heterocycles. The Kier molecular flexibility index (Phi) is 2.07. The molecule has 0 bridgehead atoms. The topological polar surface area (TPSA) is 4.93 Å². The summed E-state index contributed by atoms with van der Waals surface area (Å²) >= 11 is 0. The van der Waals surface area contributed by atoms with Gasteiger partial charge < -0.3 is 4.57 Å². The van der Waals surface area contributed by atoms with E-state index < -0.39 is 0 Å². The SMILES string of the molecule is [c]1cn(C2CC=C3C=CC=CC32)c2ccccc12. The minimum Gasteiger partial charge on any atom is -0.343 e. The fourth-order valence-corrected chi connectivity index (χ4v) is 3.12. The molecule has 0 N–H and O–H groups in total. The monoisotopic (exact) mass is 232 g/mol. The molecular weight excluding hydrogens is 218 g/mol. The first-order valence-corrected chi connectivity index (χ1v) is 6.46. The van der Waals surface area contributed by atoms with Crippen molar-refractivity contribution < 1.29 is 0 Å². The Morgan fingerprint density at radius 3 is 3.11 bits per heavy atom. The van der Waals surface area contributed by atoms with Gasteiger partial charge in [0.15, 0.2) is 0 Å². The number of benzene rings is 1. The third-order valence-corrected chi connectivity index (χ3v) is 4.01. The van der Waals surface area contributed by atoms with Crippen molar-refractivity contribution in [2.24, 2.45) is 5.92 Å². The number of fused-ring (bicyclic) bond motifs is 2. The Bertz CT molecular complexity index is 684. The molecular formula is C17H14N. The van der Waals surface area contributed by atoms with Crippen LogP contribution in [-0.4, -0.2) is 4.57 Å². The molecule has 2 aliphatic carbocycles. The third-order valence-electron chi connectivity index (χ3n) is 4.01. The second kappa shape index (κ2) is 3.74. The standard InChI is InChI=1S/C17H14N/c1-3-7-15-13(5-1)9-10-17(15)18-12-11-14-6-2-4-8-16(14)18/h1-9,12,15,17H,10H2. The summed E-state index contributed by atoms with van der Waals surface area (Å²) in [4.78, 5) is 0. The lowest BCUT2D eigenvalue weighted by Crippen LogP contribution is -2.14. The van der Waals surface area contributed by atoms with Crippen molar-refractivity contribution in [3.05, 3.63) is 72.5 Å². The lowest BCUT2D eigenvalue weighted by Gasteiger charge is -2.23. The average molecular weight is 232 g/mol. The zero-order valence-corrected chi connectivity index (χ0v) is 10.1. The number of allylic oxidation sites excluding steroid dienone is 6. The number of hydrogen-bond acceptors (Lipinski definition) is 0. The molecule has 4 rings (SSSR count). The predicted molar refractivity (Wildman–Crippen MR) is 74.3 cm³/mol. The first kappa shape index (κ1) is 9.95. The second-order valence-corrected chi connectivity index (χ2v) is 4.97. The maximum absolute atomic E-state index is 3.36. The van der Waals surface area contributed by atoms with Gasteiger partial charge in [-0.1, -0.05) is 48.6 Å². The largest absolute Gasteiger partial charge is 0.343 e. The molecule has 0 amide bonds. The van der Waals surface area contributed by atoms with Crippen LogP contribution in [0.15, 0.2) is 66.4 Å². The second-order valence-electron chi connectivity index (χ2n) is 4.97. The van der Waals surface area contributed by atoms with Gasteiger partial charge in [0.2, 0.25) is 0 Å². The molecule has 2 unspecified atom stereocenters. The van der Waals surface area contributed by atoms with Gasteiger partial charge in [0, 0.05) is 35.1 Å². The fraction of sp³-hybridized carbons (Fsp3) is 0.176. The molecule has 2 aromatic rings. The summed E-state index contributed by atoms with van der Waals surface area (Å²) in [6.07, 6.45) is 14.4. The van der Waals surface area contributed by atoms with E-state index in [2.05, 4.69) is 71.5 Å². The van der Waals surface area contributed by atoms with Crippen molar-refractivity contribution in [3.63, 3.8) is 0 Å². The van der Waals surface area contributed by atoms with Gasteiger partial charge in [0.1, 0.15) is 0 Å². The summed E-state index contributed by atoms with van der Waals surface area (Å²) in [5.41, 5.74) is 2.75. The Labute approximate surface area is 107 Å². The van der Waals surface area contributed by atoms with E-state index in [1.807, 2.05) is 0 Å². The predicted octanol–water partition coefficient (Wildman–Crippen LogP) is 4.05.